The van der Waals surface area contributed by atoms with Crippen molar-refractivity contribution in [3.8, 4) is 0 Å². The minimum absolute atomic E-state index is 0.0676. The Kier molecular flexibility index (Phi) is 6.55. The predicted octanol–water partition coefficient (Wildman–Crippen LogP) is 5.02. The number of carbonyl (C=O) groups is 1. The third kappa shape index (κ3) is 4.42. The van der Waals surface area contributed by atoms with Gasteiger partial charge in [0.05, 0.1) is 10.5 Å². The van der Waals surface area contributed by atoms with Crippen LogP contribution in [-0.2, 0) is 4.79 Å². The number of fused-ring (bicyclic) bond motifs is 1. The highest BCUT2D eigenvalue weighted by Crippen LogP contribution is 2.38. The van der Waals surface area contributed by atoms with E-state index in [1.54, 1.807) is 15.4 Å². The summed E-state index contributed by atoms with van der Waals surface area (Å²) in [6, 6.07) is 4.04. The Hall–Kier alpha value is -2.19. The first-order chi connectivity index (χ1) is 16.3. The monoisotopic (exact) mass is 496 g/mol. The van der Waals surface area contributed by atoms with Gasteiger partial charge in [-0.25, -0.2) is 4.98 Å². The van der Waals surface area contributed by atoms with Crippen molar-refractivity contribution in [2.75, 3.05) is 18.0 Å². The molecule has 8 heteroatoms. The molecular formula is C26H32N4O2S2. The van der Waals surface area contributed by atoms with Crippen LogP contribution in [0.4, 0.5) is 5.82 Å². The van der Waals surface area contributed by atoms with Crippen molar-refractivity contribution in [3.63, 3.8) is 0 Å². The molecule has 0 N–H and O–H groups in total. The van der Waals surface area contributed by atoms with E-state index >= 15 is 0 Å². The lowest BCUT2D eigenvalue weighted by atomic mass is 9.91. The zero-order valence-corrected chi connectivity index (χ0v) is 21.8. The predicted molar refractivity (Wildman–Crippen MR) is 143 cm³/mol. The standard InChI is InChI=1S/C26H32N4O2S2/c1-16-9-10-22-27-23(28-13-17(2)11-18(3)14-28)20(24(31)29(22)15-16)12-21-25(32)30(26(33)34-21)19-7-5-4-6-8-19/h9-10,12,15,17-19H,4-8,11,13-14H2,1-3H3/b21-12+. The summed E-state index contributed by atoms with van der Waals surface area (Å²) in [5.74, 6) is 1.64. The van der Waals surface area contributed by atoms with E-state index in [4.69, 9.17) is 17.2 Å². The average Bonchev–Trinajstić information content (AvgIpc) is 3.08. The third-order valence-electron chi connectivity index (χ3n) is 7.19. The summed E-state index contributed by atoms with van der Waals surface area (Å²) in [6.45, 7) is 8.15. The quantitative estimate of drug-likeness (QED) is 0.439. The van der Waals surface area contributed by atoms with Gasteiger partial charge in [0, 0.05) is 25.3 Å². The number of nitrogens with zero attached hydrogens (tertiary/aromatic N) is 4. The summed E-state index contributed by atoms with van der Waals surface area (Å²) < 4.78 is 2.21. The van der Waals surface area contributed by atoms with Crippen LogP contribution in [0.2, 0.25) is 0 Å². The average molecular weight is 497 g/mol. The molecule has 3 fully saturated rings. The van der Waals surface area contributed by atoms with Crippen LogP contribution >= 0.6 is 24.0 Å². The molecule has 0 spiro atoms. The molecule has 6 nitrogen and oxygen atoms in total. The zero-order chi connectivity index (χ0) is 24.0. The second-order valence-corrected chi connectivity index (χ2v) is 12.0. The van der Waals surface area contributed by atoms with Crippen molar-refractivity contribution in [1.29, 1.82) is 0 Å². The SMILES string of the molecule is Cc1ccc2nc(N3CC(C)CC(C)C3)c(/C=C3/SC(=S)N(C4CCCCC4)C3=O)c(=O)n2c1. The summed E-state index contributed by atoms with van der Waals surface area (Å²) in [5.41, 5.74) is 1.95. The number of amides is 1. The van der Waals surface area contributed by atoms with E-state index in [0.717, 1.165) is 50.8 Å². The van der Waals surface area contributed by atoms with Crippen LogP contribution in [0.5, 0.6) is 0 Å². The summed E-state index contributed by atoms with van der Waals surface area (Å²) in [6.07, 6.45) is 10.2. The topological polar surface area (TPSA) is 57.9 Å². The second kappa shape index (κ2) is 9.46. The van der Waals surface area contributed by atoms with Crippen molar-refractivity contribution in [2.45, 2.75) is 65.3 Å². The molecule has 2 unspecified atom stereocenters. The van der Waals surface area contributed by atoms with Gasteiger partial charge in [-0.2, -0.15) is 0 Å². The summed E-state index contributed by atoms with van der Waals surface area (Å²) in [4.78, 5) is 36.7. The number of anilines is 1. The summed E-state index contributed by atoms with van der Waals surface area (Å²) in [7, 11) is 0. The number of pyridine rings is 1. The lowest BCUT2D eigenvalue weighted by molar-refractivity contribution is -0.124. The molecule has 180 valence electrons. The van der Waals surface area contributed by atoms with Gasteiger partial charge in [0.2, 0.25) is 0 Å². The third-order valence-corrected chi connectivity index (χ3v) is 8.52. The zero-order valence-electron chi connectivity index (χ0n) is 20.1. The molecule has 1 amide bonds. The summed E-state index contributed by atoms with van der Waals surface area (Å²) in [5, 5.41) is 0. The maximum Gasteiger partial charge on any atom is 0.267 e. The highest BCUT2D eigenvalue weighted by atomic mass is 32.2. The minimum Gasteiger partial charge on any atom is -0.355 e. The van der Waals surface area contributed by atoms with Gasteiger partial charge in [0.1, 0.15) is 15.8 Å². The van der Waals surface area contributed by atoms with E-state index in [9.17, 15) is 9.59 Å². The van der Waals surface area contributed by atoms with E-state index < -0.39 is 0 Å². The van der Waals surface area contributed by atoms with Crippen LogP contribution in [0.3, 0.4) is 0 Å². The molecule has 2 atom stereocenters. The highest BCUT2D eigenvalue weighted by Gasteiger charge is 2.38. The highest BCUT2D eigenvalue weighted by molar-refractivity contribution is 8.26. The normalized spacial score (nSPS) is 25.7. The molecule has 2 aromatic heterocycles. The number of aromatic nitrogens is 2. The first kappa shape index (κ1) is 23.5. The largest absolute Gasteiger partial charge is 0.355 e. The number of piperidine rings is 1. The maximum atomic E-state index is 13.8. The van der Waals surface area contributed by atoms with Crippen molar-refractivity contribution in [3.05, 3.63) is 44.7 Å². The Bertz CT molecular complexity index is 1220. The Labute approximate surface area is 210 Å². The maximum absolute atomic E-state index is 13.8. The minimum atomic E-state index is -0.141. The van der Waals surface area contributed by atoms with Gasteiger partial charge in [-0.1, -0.05) is 63.2 Å². The molecule has 2 aliphatic heterocycles. The van der Waals surface area contributed by atoms with Crippen molar-refractivity contribution in [2.24, 2.45) is 11.8 Å². The van der Waals surface area contributed by atoms with Crippen LogP contribution < -0.4 is 10.5 Å². The van der Waals surface area contributed by atoms with Gasteiger partial charge in [0.25, 0.3) is 11.5 Å². The fourth-order valence-corrected chi connectivity index (χ4v) is 7.10. The van der Waals surface area contributed by atoms with Gasteiger partial charge in [0.15, 0.2) is 0 Å². The van der Waals surface area contributed by atoms with Crippen LogP contribution in [0.25, 0.3) is 11.7 Å². The molecule has 0 radical (unpaired) electrons. The van der Waals surface area contributed by atoms with Crippen LogP contribution in [0.15, 0.2) is 28.0 Å². The number of hydrogen-bond donors (Lipinski definition) is 0. The fraction of sp³-hybridized carbons (Fsp3) is 0.538. The number of hydrogen-bond acceptors (Lipinski definition) is 6. The van der Waals surface area contributed by atoms with E-state index in [1.165, 1.54) is 18.2 Å². The van der Waals surface area contributed by atoms with E-state index in [-0.39, 0.29) is 17.5 Å². The molecule has 4 heterocycles. The van der Waals surface area contributed by atoms with E-state index in [1.807, 2.05) is 25.3 Å². The smallest absolute Gasteiger partial charge is 0.267 e. The van der Waals surface area contributed by atoms with Crippen LogP contribution in [0, 0.1) is 18.8 Å². The van der Waals surface area contributed by atoms with Crippen molar-refractivity contribution >= 4 is 51.7 Å². The van der Waals surface area contributed by atoms with E-state index in [2.05, 4.69) is 18.7 Å². The molecule has 5 rings (SSSR count). The molecule has 2 aromatic rings. The molecule has 2 saturated heterocycles. The Morgan fingerprint density at radius 3 is 2.50 bits per heavy atom. The van der Waals surface area contributed by atoms with Gasteiger partial charge in [-0.05, 0) is 55.7 Å². The first-order valence-electron chi connectivity index (χ1n) is 12.4. The van der Waals surface area contributed by atoms with Gasteiger partial charge in [-0.15, -0.1) is 0 Å². The number of rotatable bonds is 3. The van der Waals surface area contributed by atoms with Crippen molar-refractivity contribution < 1.29 is 4.79 Å². The molecular weight excluding hydrogens is 464 g/mol. The number of thiocarbonyl (C=S) groups is 1. The summed E-state index contributed by atoms with van der Waals surface area (Å²) >= 11 is 6.94. The Balaban J connectivity index is 1.61. The Morgan fingerprint density at radius 1 is 1.09 bits per heavy atom. The molecule has 0 aromatic carbocycles. The van der Waals surface area contributed by atoms with Crippen LogP contribution in [0.1, 0.15) is 63.5 Å². The fourth-order valence-electron chi connectivity index (χ4n) is 5.72. The van der Waals surface area contributed by atoms with Crippen molar-refractivity contribution in [1.82, 2.24) is 14.3 Å². The number of aryl methyl sites for hydroxylation is 1. The van der Waals surface area contributed by atoms with Gasteiger partial charge < -0.3 is 4.90 Å². The van der Waals surface area contributed by atoms with Gasteiger partial charge >= 0.3 is 0 Å². The molecule has 3 aliphatic rings. The molecule has 0 bridgehead atoms. The molecule has 1 aliphatic carbocycles. The Morgan fingerprint density at radius 2 is 1.79 bits per heavy atom. The lowest BCUT2D eigenvalue weighted by Gasteiger charge is -2.36. The molecule has 1 saturated carbocycles. The first-order valence-corrected chi connectivity index (χ1v) is 13.6. The lowest BCUT2D eigenvalue weighted by Crippen LogP contribution is -2.41. The number of carbonyl (C=O) groups excluding carboxylic acids is 1. The second-order valence-electron chi connectivity index (χ2n) is 10.3. The molecule has 34 heavy (non-hydrogen) atoms. The van der Waals surface area contributed by atoms with E-state index in [0.29, 0.717) is 38.1 Å². The van der Waals surface area contributed by atoms with Gasteiger partial charge in [-0.3, -0.25) is 18.9 Å². The number of thioether (sulfide) groups is 1. The van der Waals surface area contributed by atoms with Crippen LogP contribution in [-0.4, -0.2) is 43.6 Å².